The van der Waals surface area contributed by atoms with Crippen molar-refractivity contribution in [3.8, 4) is 11.3 Å². The van der Waals surface area contributed by atoms with E-state index < -0.39 is 22.3 Å². The largest absolute Gasteiger partial charge is 0.365 e. The summed E-state index contributed by atoms with van der Waals surface area (Å²) in [6.07, 6.45) is 1.34. The van der Waals surface area contributed by atoms with Gasteiger partial charge in [0, 0.05) is 61.0 Å². The number of aromatic nitrogens is 4. The number of rotatable bonds is 3. The van der Waals surface area contributed by atoms with Crippen LogP contribution in [0.15, 0.2) is 64.3 Å². The first kappa shape index (κ1) is 21.1. The topological polar surface area (TPSA) is 117 Å². The second kappa shape index (κ2) is 7.54. The van der Waals surface area contributed by atoms with Crippen LogP contribution in [0.5, 0.6) is 0 Å². The van der Waals surface area contributed by atoms with Crippen LogP contribution in [0.3, 0.4) is 0 Å². The van der Waals surface area contributed by atoms with Crippen molar-refractivity contribution >= 4 is 27.5 Å². The van der Waals surface area contributed by atoms with Gasteiger partial charge in [0.15, 0.2) is 0 Å². The van der Waals surface area contributed by atoms with Crippen LogP contribution in [-0.4, -0.2) is 30.2 Å². The number of benzene rings is 2. The number of hydrogen-bond acceptors (Lipinski definition) is 5. The molecule has 176 valence electrons. The monoisotopic (exact) mass is 471 g/mol. The quantitative estimate of drug-likeness (QED) is 0.320. The molecule has 2 aromatic carbocycles. The van der Waals surface area contributed by atoms with Crippen molar-refractivity contribution in [2.75, 3.05) is 6.61 Å². The van der Waals surface area contributed by atoms with E-state index in [0.717, 1.165) is 21.0 Å². The molecule has 1 aliphatic rings. The summed E-state index contributed by atoms with van der Waals surface area (Å²) in [5.74, 6) is 0. The van der Waals surface area contributed by atoms with Crippen LogP contribution < -0.4 is 11.2 Å². The van der Waals surface area contributed by atoms with Crippen molar-refractivity contribution in [1.29, 1.82) is 0 Å². The number of aromatic amines is 1. The Morgan fingerprint density at radius 2 is 1.89 bits per heavy atom. The van der Waals surface area contributed by atoms with Crippen molar-refractivity contribution in [3.63, 3.8) is 0 Å². The van der Waals surface area contributed by atoms with Crippen LogP contribution in [0.1, 0.15) is 17.4 Å². The third kappa shape index (κ3) is 2.93. The number of hydrogen-bond donors (Lipinski definition) is 1. The minimum absolute atomic E-state index is 0.0758. The van der Waals surface area contributed by atoms with Gasteiger partial charge < -0.3 is 14.3 Å². The van der Waals surface area contributed by atoms with Crippen LogP contribution in [0.25, 0.3) is 33.1 Å². The Hall–Kier alpha value is -4.44. The minimum atomic E-state index is -0.549. The van der Waals surface area contributed by atoms with Crippen LogP contribution >= 0.6 is 0 Å². The Morgan fingerprint density at radius 3 is 2.69 bits per heavy atom. The Bertz CT molecular complexity index is 1790. The minimum Gasteiger partial charge on any atom is -0.365 e. The van der Waals surface area contributed by atoms with E-state index in [-0.39, 0.29) is 5.69 Å². The third-order valence-electron chi connectivity index (χ3n) is 6.79. The number of H-pyrrole nitrogens is 1. The van der Waals surface area contributed by atoms with Crippen molar-refractivity contribution in [2.24, 2.45) is 14.1 Å². The summed E-state index contributed by atoms with van der Waals surface area (Å²) in [5, 5.41) is 12.8. The van der Waals surface area contributed by atoms with Gasteiger partial charge >= 0.3 is 5.69 Å². The summed E-state index contributed by atoms with van der Waals surface area (Å²) in [5.41, 5.74) is 3.07. The molecule has 0 fully saturated rings. The Morgan fingerprint density at radius 1 is 1.09 bits per heavy atom. The van der Waals surface area contributed by atoms with Gasteiger partial charge in [-0.3, -0.25) is 24.0 Å². The summed E-state index contributed by atoms with van der Waals surface area (Å²) < 4.78 is 10.8. The summed E-state index contributed by atoms with van der Waals surface area (Å²) in [6, 6.07) is 14.1. The molecule has 1 atom stereocenters. The Balaban J connectivity index is 1.76. The summed E-state index contributed by atoms with van der Waals surface area (Å²) in [4.78, 5) is 40.8. The zero-order valence-corrected chi connectivity index (χ0v) is 19.0. The third-order valence-corrected chi connectivity index (χ3v) is 6.79. The molecule has 5 aromatic rings. The lowest BCUT2D eigenvalue weighted by Crippen LogP contribution is -2.37. The van der Waals surface area contributed by atoms with Gasteiger partial charge in [0.05, 0.1) is 33.8 Å². The molecular formula is C25H21N5O5. The Labute approximate surface area is 197 Å². The standard InChI is InChI=1S/C25H21N5O5/c1-27-21-19(24(31)28(2)25(27)32)20(14-6-5-7-15(12-14)30(33)34)29-10-11-35-23(22(21)29)17-13-26-18-9-4-3-8-16(17)18/h3-9,12-13,23,26H,10-11H2,1-2H3. The summed E-state index contributed by atoms with van der Waals surface area (Å²) in [7, 11) is 3.06. The van der Waals surface area contributed by atoms with Crippen LogP contribution in [-0.2, 0) is 25.4 Å². The number of para-hydroxylation sites is 1. The number of fused-ring (bicyclic) bond motifs is 4. The van der Waals surface area contributed by atoms with Crippen molar-refractivity contribution in [2.45, 2.75) is 12.6 Å². The molecule has 0 bridgehead atoms. The van der Waals surface area contributed by atoms with E-state index in [4.69, 9.17) is 4.74 Å². The first-order valence-corrected chi connectivity index (χ1v) is 11.1. The molecule has 1 N–H and O–H groups in total. The molecule has 0 amide bonds. The van der Waals surface area contributed by atoms with E-state index in [9.17, 15) is 19.7 Å². The van der Waals surface area contributed by atoms with Crippen molar-refractivity contribution in [1.82, 2.24) is 18.7 Å². The lowest BCUT2D eigenvalue weighted by molar-refractivity contribution is -0.384. The van der Waals surface area contributed by atoms with E-state index in [1.165, 1.54) is 23.7 Å². The highest BCUT2D eigenvalue weighted by Crippen LogP contribution is 2.42. The van der Waals surface area contributed by atoms with Crippen molar-refractivity contribution in [3.05, 3.63) is 96.9 Å². The van der Waals surface area contributed by atoms with E-state index in [2.05, 4.69) is 4.98 Å². The molecule has 10 nitrogen and oxygen atoms in total. The van der Waals surface area contributed by atoms with Gasteiger partial charge in [-0.25, -0.2) is 4.79 Å². The number of nitrogens with one attached hydrogen (secondary N) is 1. The zero-order valence-electron chi connectivity index (χ0n) is 19.0. The molecule has 0 radical (unpaired) electrons. The van der Waals surface area contributed by atoms with E-state index in [0.29, 0.717) is 41.0 Å². The molecule has 0 saturated carbocycles. The molecule has 1 aliphatic heterocycles. The molecule has 3 aromatic heterocycles. The second-order valence-corrected chi connectivity index (χ2v) is 8.66. The molecule has 1 unspecified atom stereocenters. The van der Waals surface area contributed by atoms with E-state index in [1.807, 2.05) is 35.0 Å². The van der Waals surface area contributed by atoms with Gasteiger partial charge in [-0.2, -0.15) is 0 Å². The molecule has 10 heteroatoms. The second-order valence-electron chi connectivity index (χ2n) is 8.66. The fraction of sp³-hybridized carbons (Fsp3) is 0.200. The normalized spacial score (nSPS) is 15.5. The maximum atomic E-state index is 13.5. The van der Waals surface area contributed by atoms with E-state index in [1.54, 1.807) is 19.2 Å². The molecule has 4 heterocycles. The summed E-state index contributed by atoms with van der Waals surface area (Å²) in [6.45, 7) is 0.798. The average molecular weight is 471 g/mol. The number of aryl methyl sites for hydroxylation is 1. The zero-order chi connectivity index (χ0) is 24.4. The summed E-state index contributed by atoms with van der Waals surface area (Å²) >= 11 is 0. The smallest absolute Gasteiger partial charge is 0.331 e. The van der Waals surface area contributed by atoms with Crippen LogP contribution in [0.2, 0.25) is 0 Å². The van der Waals surface area contributed by atoms with Crippen LogP contribution in [0.4, 0.5) is 5.69 Å². The fourth-order valence-electron chi connectivity index (χ4n) is 5.19. The molecule has 0 saturated heterocycles. The number of ether oxygens (including phenoxy) is 1. The van der Waals surface area contributed by atoms with Crippen molar-refractivity contribution < 1.29 is 9.66 Å². The highest BCUT2D eigenvalue weighted by molar-refractivity contribution is 5.97. The van der Waals surface area contributed by atoms with Gasteiger partial charge in [-0.05, 0) is 6.07 Å². The highest BCUT2D eigenvalue weighted by Gasteiger charge is 2.34. The van der Waals surface area contributed by atoms with Gasteiger partial charge in [-0.15, -0.1) is 0 Å². The average Bonchev–Trinajstić information content (AvgIpc) is 3.46. The predicted octanol–water partition coefficient (Wildman–Crippen LogP) is 3.21. The van der Waals surface area contributed by atoms with Gasteiger partial charge in [0.2, 0.25) is 0 Å². The van der Waals surface area contributed by atoms with Crippen LogP contribution in [0, 0.1) is 10.1 Å². The van der Waals surface area contributed by atoms with E-state index >= 15 is 0 Å². The lowest BCUT2D eigenvalue weighted by Gasteiger charge is -2.27. The maximum absolute atomic E-state index is 13.5. The Kier molecular flexibility index (Phi) is 4.55. The molecule has 35 heavy (non-hydrogen) atoms. The molecular weight excluding hydrogens is 450 g/mol. The first-order valence-electron chi connectivity index (χ1n) is 11.1. The lowest BCUT2D eigenvalue weighted by atomic mass is 10.0. The first-order chi connectivity index (χ1) is 16.9. The number of nitro groups is 1. The SMILES string of the molecule is Cn1c(=O)c2c(-c3cccc([N+](=O)[O-])c3)n3c(c2n(C)c1=O)C(c1c[nH]c2ccccc12)OCC3. The van der Waals surface area contributed by atoms with Gasteiger partial charge in [-0.1, -0.05) is 30.3 Å². The predicted molar refractivity (Wildman–Crippen MR) is 131 cm³/mol. The van der Waals surface area contributed by atoms with Gasteiger partial charge in [0.1, 0.15) is 6.10 Å². The molecule has 6 rings (SSSR count). The fourth-order valence-corrected chi connectivity index (χ4v) is 5.19. The highest BCUT2D eigenvalue weighted by atomic mass is 16.6. The van der Waals surface area contributed by atoms with Gasteiger partial charge in [0.25, 0.3) is 11.2 Å². The molecule has 0 spiro atoms. The number of nitrogens with zero attached hydrogens (tertiary/aromatic N) is 4. The number of non-ortho nitro benzene ring substituents is 1. The maximum Gasteiger partial charge on any atom is 0.331 e. The molecule has 0 aliphatic carbocycles. The number of nitro benzene ring substituents is 1.